The van der Waals surface area contributed by atoms with Gasteiger partial charge in [-0.25, -0.2) is 5.84 Å². The number of hydrazine groups is 1. The quantitative estimate of drug-likeness (QED) is 0.533. The summed E-state index contributed by atoms with van der Waals surface area (Å²) >= 11 is 0. The molecule has 0 saturated carbocycles. The second-order valence-electron chi connectivity index (χ2n) is 5.70. The van der Waals surface area contributed by atoms with Crippen molar-refractivity contribution in [2.45, 2.75) is 51.7 Å². The fourth-order valence-electron chi connectivity index (χ4n) is 2.28. The SMILES string of the molecule is CCCOc1nc(NN)nc(NC2CCOC(C)(C)C2)n1. The molecule has 1 saturated heterocycles. The smallest absolute Gasteiger partial charge is 0.323 e. The maximum atomic E-state index is 5.70. The number of nitrogen functional groups attached to an aromatic ring is 1. The second kappa shape index (κ2) is 6.86. The van der Waals surface area contributed by atoms with Crippen LogP contribution in [0.5, 0.6) is 6.01 Å². The number of ether oxygens (including phenoxy) is 2. The number of nitrogens with two attached hydrogens (primary N) is 1. The molecule has 1 fully saturated rings. The van der Waals surface area contributed by atoms with E-state index in [9.17, 15) is 0 Å². The van der Waals surface area contributed by atoms with Crippen LogP contribution in [0.3, 0.4) is 0 Å². The van der Waals surface area contributed by atoms with Gasteiger partial charge in [-0.05, 0) is 33.1 Å². The summed E-state index contributed by atoms with van der Waals surface area (Å²) in [6.07, 6.45) is 2.68. The van der Waals surface area contributed by atoms with Crippen molar-refractivity contribution in [3.8, 4) is 6.01 Å². The van der Waals surface area contributed by atoms with Crippen molar-refractivity contribution in [3.63, 3.8) is 0 Å². The Bertz CT molecular complexity index is 468. The van der Waals surface area contributed by atoms with Crippen LogP contribution in [0, 0.1) is 0 Å². The maximum absolute atomic E-state index is 5.70. The van der Waals surface area contributed by atoms with Gasteiger partial charge < -0.3 is 14.8 Å². The molecule has 1 unspecified atom stereocenters. The first kappa shape index (κ1) is 15.7. The molecule has 2 rings (SSSR count). The highest BCUT2D eigenvalue weighted by Crippen LogP contribution is 2.26. The van der Waals surface area contributed by atoms with Gasteiger partial charge in [-0.2, -0.15) is 15.0 Å². The third-order valence-corrected chi connectivity index (χ3v) is 3.21. The lowest BCUT2D eigenvalue weighted by atomic mass is 9.94. The van der Waals surface area contributed by atoms with Crippen molar-refractivity contribution < 1.29 is 9.47 Å². The van der Waals surface area contributed by atoms with Crippen LogP contribution in [0.15, 0.2) is 0 Å². The molecule has 4 N–H and O–H groups in total. The van der Waals surface area contributed by atoms with Crippen molar-refractivity contribution in [1.29, 1.82) is 0 Å². The highest BCUT2D eigenvalue weighted by atomic mass is 16.5. The molecule has 1 aromatic heterocycles. The molecule has 2 heterocycles. The summed E-state index contributed by atoms with van der Waals surface area (Å²) in [7, 11) is 0. The maximum Gasteiger partial charge on any atom is 0.323 e. The minimum Gasteiger partial charge on any atom is -0.463 e. The van der Waals surface area contributed by atoms with E-state index in [4.69, 9.17) is 15.3 Å². The van der Waals surface area contributed by atoms with Crippen LogP contribution in [0.25, 0.3) is 0 Å². The Kier molecular flexibility index (Phi) is 5.13. The van der Waals surface area contributed by atoms with Crippen LogP contribution in [0.1, 0.15) is 40.0 Å². The highest BCUT2D eigenvalue weighted by Gasteiger charge is 2.29. The minimum absolute atomic E-state index is 0.139. The first-order chi connectivity index (χ1) is 10.0. The Hall–Kier alpha value is -1.67. The number of aromatic nitrogens is 3. The molecule has 0 bridgehead atoms. The van der Waals surface area contributed by atoms with Gasteiger partial charge in [0.2, 0.25) is 11.9 Å². The number of hydrogen-bond acceptors (Lipinski definition) is 8. The normalized spacial score (nSPS) is 20.9. The zero-order valence-electron chi connectivity index (χ0n) is 12.8. The minimum atomic E-state index is -0.139. The molecule has 1 aliphatic heterocycles. The number of rotatable bonds is 6. The van der Waals surface area contributed by atoms with Gasteiger partial charge in [-0.3, -0.25) is 5.43 Å². The Morgan fingerprint density at radius 3 is 2.76 bits per heavy atom. The first-order valence-corrected chi connectivity index (χ1v) is 7.28. The topological polar surface area (TPSA) is 107 Å². The summed E-state index contributed by atoms with van der Waals surface area (Å²) in [4.78, 5) is 12.5. The molecular formula is C13H24N6O2. The first-order valence-electron chi connectivity index (χ1n) is 7.28. The molecular weight excluding hydrogens is 272 g/mol. The van der Waals surface area contributed by atoms with Crippen LogP contribution >= 0.6 is 0 Å². The van der Waals surface area contributed by atoms with Gasteiger partial charge in [0.25, 0.3) is 0 Å². The number of nitrogens with one attached hydrogen (secondary N) is 2. The molecule has 0 amide bonds. The van der Waals surface area contributed by atoms with E-state index in [1.165, 1.54) is 0 Å². The largest absolute Gasteiger partial charge is 0.463 e. The van der Waals surface area contributed by atoms with E-state index >= 15 is 0 Å². The summed E-state index contributed by atoms with van der Waals surface area (Å²) in [5.74, 6) is 6.13. The van der Waals surface area contributed by atoms with E-state index in [0.29, 0.717) is 12.6 Å². The molecule has 118 valence electrons. The van der Waals surface area contributed by atoms with Crippen LogP contribution in [-0.2, 0) is 4.74 Å². The third kappa shape index (κ3) is 4.68. The lowest BCUT2D eigenvalue weighted by Crippen LogP contribution is -2.40. The zero-order chi connectivity index (χ0) is 15.3. The Labute approximate surface area is 124 Å². The van der Waals surface area contributed by atoms with Gasteiger partial charge in [0.1, 0.15) is 0 Å². The molecule has 1 atom stereocenters. The van der Waals surface area contributed by atoms with Gasteiger partial charge in [0.15, 0.2) is 0 Å². The summed E-state index contributed by atoms with van der Waals surface area (Å²) < 4.78 is 11.2. The molecule has 8 heteroatoms. The summed E-state index contributed by atoms with van der Waals surface area (Å²) in [6, 6.07) is 0.523. The molecule has 0 aromatic carbocycles. The van der Waals surface area contributed by atoms with E-state index in [1.807, 2.05) is 6.92 Å². The highest BCUT2D eigenvalue weighted by molar-refractivity contribution is 5.35. The van der Waals surface area contributed by atoms with E-state index < -0.39 is 0 Å². The van der Waals surface area contributed by atoms with Gasteiger partial charge in [-0.15, -0.1) is 0 Å². The van der Waals surface area contributed by atoms with E-state index in [-0.39, 0.29) is 23.6 Å². The molecule has 21 heavy (non-hydrogen) atoms. The number of anilines is 2. The number of nitrogens with zero attached hydrogens (tertiary/aromatic N) is 3. The van der Waals surface area contributed by atoms with E-state index in [2.05, 4.69) is 39.5 Å². The molecule has 1 aliphatic rings. The fraction of sp³-hybridized carbons (Fsp3) is 0.769. The molecule has 0 aliphatic carbocycles. The summed E-state index contributed by atoms with van der Waals surface area (Å²) in [5, 5.41) is 3.31. The summed E-state index contributed by atoms with van der Waals surface area (Å²) in [6.45, 7) is 7.45. The van der Waals surface area contributed by atoms with Crippen LogP contribution in [0.2, 0.25) is 0 Å². The third-order valence-electron chi connectivity index (χ3n) is 3.21. The van der Waals surface area contributed by atoms with Crippen molar-refractivity contribution in [2.75, 3.05) is 24.0 Å². The fourth-order valence-corrected chi connectivity index (χ4v) is 2.28. The molecule has 0 radical (unpaired) electrons. The predicted octanol–water partition coefficient (Wildman–Crippen LogP) is 1.32. The van der Waals surface area contributed by atoms with Crippen LogP contribution < -0.4 is 21.3 Å². The van der Waals surface area contributed by atoms with Crippen molar-refractivity contribution >= 4 is 11.9 Å². The standard InChI is InChI=1S/C13H24N6O2/c1-4-6-20-12-17-10(16-11(18-12)19-14)15-9-5-7-21-13(2,3)8-9/h9H,4-8,14H2,1-3H3,(H2,15,16,17,18,19). The van der Waals surface area contributed by atoms with E-state index in [1.54, 1.807) is 0 Å². The van der Waals surface area contributed by atoms with Crippen molar-refractivity contribution in [3.05, 3.63) is 0 Å². The molecule has 0 spiro atoms. The van der Waals surface area contributed by atoms with Gasteiger partial charge >= 0.3 is 6.01 Å². The van der Waals surface area contributed by atoms with Crippen molar-refractivity contribution in [1.82, 2.24) is 15.0 Å². The number of hydrogen-bond donors (Lipinski definition) is 3. The Morgan fingerprint density at radius 2 is 2.10 bits per heavy atom. The monoisotopic (exact) mass is 296 g/mol. The average Bonchev–Trinajstić information content (AvgIpc) is 2.43. The van der Waals surface area contributed by atoms with Gasteiger partial charge in [-0.1, -0.05) is 6.92 Å². The van der Waals surface area contributed by atoms with Gasteiger partial charge in [0, 0.05) is 12.6 Å². The van der Waals surface area contributed by atoms with Gasteiger partial charge in [0.05, 0.1) is 12.2 Å². The van der Waals surface area contributed by atoms with Crippen LogP contribution in [0.4, 0.5) is 11.9 Å². The van der Waals surface area contributed by atoms with Crippen molar-refractivity contribution in [2.24, 2.45) is 5.84 Å². The Morgan fingerprint density at radius 1 is 1.33 bits per heavy atom. The van der Waals surface area contributed by atoms with Crippen LogP contribution in [-0.4, -0.2) is 39.8 Å². The Balaban J connectivity index is 2.07. The lowest BCUT2D eigenvalue weighted by molar-refractivity contribution is -0.0554. The summed E-state index contributed by atoms with van der Waals surface area (Å²) in [5.41, 5.74) is 2.29. The average molecular weight is 296 g/mol. The molecule has 8 nitrogen and oxygen atoms in total. The second-order valence-corrected chi connectivity index (χ2v) is 5.70. The van der Waals surface area contributed by atoms with E-state index in [0.717, 1.165) is 25.9 Å². The lowest BCUT2D eigenvalue weighted by Gasteiger charge is -2.35. The molecule has 1 aromatic rings. The zero-order valence-corrected chi connectivity index (χ0v) is 12.8. The predicted molar refractivity (Wildman–Crippen MR) is 80.1 cm³/mol.